The van der Waals surface area contributed by atoms with Gasteiger partial charge in [-0.25, -0.2) is 4.98 Å². The Kier molecular flexibility index (Phi) is 6.77. The molecular weight excluding hydrogens is 320 g/mol. The monoisotopic (exact) mass is 344 g/mol. The summed E-state index contributed by atoms with van der Waals surface area (Å²) in [5, 5.41) is 11.8. The third-order valence-electron chi connectivity index (χ3n) is 3.49. The van der Waals surface area contributed by atoms with Crippen LogP contribution >= 0.6 is 0 Å². The Bertz CT molecular complexity index is 657. The van der Waals surface area contributed by atoms with Crippen LogP contribution in [0.25, 0.3) is 0 Å². The molecule has 6 nitrogen and oxygen atoms in total. The predicted octanol–water partition coefficient (Wildman–Crippen LogP) is 2.92. The van der Waals surface area contributed by atoms with Crippen molar-refractivity contribution in [1.82, 2.24) is 10.3 Å². The first kappa shape index (κ1) is 18.7. The molecule has 0 unspecified atom stereocenters. The largest absolute Gasteiger partial charge is 0.484 e. The number of nitrogens with one attached hydrogen (secondary N) is 1. The lowest BCUT2D eigenvalue weighted by Crippen LogP contribution is -2.45. The van der Waals surface area contributed by atoms with Crippen LogP contribution in [0.3, 0.4) is 0 Å². The van der Waals surface area contributed by atoms with Crippen molar-refractivity contribution in [3.05, 3.63) is 48.7 Å². The number of aromatic nitrogens is 1. The Labute approximate surface area is 147 Å². The molecule has 0 aliphatic carbocycles. The van der Waals surface area contributed by atoms with Crippen molar-refractivity contribution in [1.29, 1.82) is 0 Å². The first-order valence-electron chi connectivity index (χ1n) is 8.22. The first-order chi connectivity index (χ1) is 12.0. The second-order valence-corrected chi connectivity index (χ2v) is 6.29. The van der Waals surface area contributed by atoms with Crippen LogP contribution in [0.15, 0.2) is 48.7 Å². The molecule has 0 spiro atoms. The summed E-state index contributed by atoms with van der Waals surface area (Å²) >= 11 is 0. The standard InChI is InChI=1S/C19H24N2O4/c1-19(2,11-5-13-22)21-17(23)14-24-15-7-9-16(10-8-15)25-18-6-3-4-12-20-18/h3-4,6-10,12,22H,5,11,13-14H2,1-2H3,(H,21,23). The smallest absolute Gasteiger partial charge is 0.258 e. The molecule has 0 bridgehead atoms. The van der Waals surface area contributed by atoms with Crippen molar-refractivity contribution < 1.29 is 19.4 Å². The van der Waals surface area contributed by atoms with Crippen LogP contribution in [0.2, 0.25) is 0 Å². The number of ether oxygens (including phenoxy) is 2. The summed E-state index contributed by atoms with van der Waals surface area (Å²) in [6.45, 7) is 3.89. The average Bonchev–Trinajstić information content (AvgIpc) is 2.60. The molecule has 0 saturated heterocycles. The molecule has 1 amide bonds. The molecule has 1 heterocycles. The van der Waals surface area contributed by atoms with E-state index in [1.807, 2.05) is 26.0 Å². The highest BCUT2D eigenvalue weighted by atomic mass is 16.5. The van der Waals surface area contributed by atoms with Gasteiger partial charge in [0.2, 0.25) is 5.88 Å². The van der Waals surface area contributed by atoms with Gasteiger partial charge in [0, 0.05) is 24.4 Å². The number of hydrogen-bond acceptors (Lipinski definition) is 5. The van der Waals surface area contributed by atoms with Gasteiger partial charge in [-0.05, 0) is 57.0 Å². The van der Waals surface area contributed by atoms with Crippen molar-refractivity contribution in [3.63, 3.8) is 0 Å². The number of carbonyl (C=O) groups excluding carboxylic acids is 1. The molecule has 0 aliphatic rings. The van der Waals surface area contributed by atoms with Gasteiger partial charge in [0.05, 0.1) is 0 Å². The van der Waals surface area contributed by atoms with Gasteiger partial charge in [-0.1, -0.05) is 6.07 Å². The minimum Gasteiger partial charge on any atom is -0.484 e. The van der Waals surface area contributed by atoms with E-state index in [0.717, 1.165) is 0 Å². The number of nitrogens with zero attached hydrogens (tertiary/aromatic N) is 1. The highest BCUT2D eigenvalue weighted by Gasteiger charge is 2.19. The van der Waals surface area contributed by atoms with E-state index in [9.17, 15) is 4.79 Å². The van der Waals surface area contributed by atoms with Gasteiger partial charge in [-0.2, -0.15) is 0 Å². The molecule has 0 radical (unpaired) electrons. The minimum absolute atomic E-state index is 0.0665. The van der Waals surface area contributed by atoms with Gasteiger partial charge in [0.1, 0.15) is 11.5 Å². The molecule has 2 rings (SSSR count). The van der Waals surface area contributed by atoms with E-state index in [-0.39, 0.29) is 24.7 Å². The fourth-order valence-electron chi connectivity index (χ4n) is 2.28. The molecule has 134 valence electrons. The molecule has 0 saturated carbocycles. The Balaban J connectivity index is 1.80. The number of hydrogen-bond donors (Lipinski definition) is 2. The highest BCUT2D eigenvalue weighted by molar-refractivity contribution is 5.78. The predicted molar refractivity (Wildman–Crippen MR) is 94.8 cm³/mol. The zero-order chi connectivity index (χ0) is 18.1. The van der Waals surface area contributed by atoms with Crippen LogP contribution in [0.1, 0.15) is 26.7 Å². The fourth-order valence-corrected chi connectivity index (χ4v) is 2.28. The van der Waals surface area contributed by atoms with E-state index in [1.54, 1.807) is 36.5 Å². The number of benzene rings is 1. The van der Waals surface area contributed by atoms with Crippen LogP contribution in [0, 0.1) is 0 Å². The second kappa shape index (κ2) is 9.03. The van der Waals surface area contributed by atoms with Crippen LogP contribution in [-0.2, 0) is 4.79 Å². The number of aliphatic hydroxyl groups excluding tert-OH is 1. The number of rotatable bonds is 9. The van der Waals surface area contributed by atoms with Crippen LogP contribution < -0.4 is 14.8 Å². The normalized spacial score (nSPS) is 11.0. The van der Waals surface area contributed by atoms with Crippen LogP contribution in [0.4, 0.5) is 0 Å². The maximum atomic E-state index is 12.0. The lowest BCUT2D eigenvalue weighted by atomic mass is 9.99. The maximum absolute atomic E-state index is 12.0. The third-order valence-corrected chi connectivity index (χ3v) is 3.49. The van der Waals surface area contributed by atoms with E-state index < -0.39 is 0 Å². The number of carbonyl (C=O) groups is 1. The number of amides is 1. The summed E-state index contributed by atoms with van der Waals surface area (Å²) in [5.41, 5.74) is -0.371. The van der Waals surface area contributed by atoms with E-state index >= 15 is 0 Å². The SMILES string of the molecule is CC(C)(CCCO)NC(=O)COc1ccc(Oc2ccccn2)cc1. The molecule has 6 heteroatoms. The maximum Gasteiger partial charge on any atom is 0.258 e. The Morgan fingerprint density at radius 3 is 2.52 bits per heavy atom. The number of pyridine rings is 1. The molecule has 1 aromatic carbocycles. The Hall–Kier alpha value is -2.60. The summed E-state index contributed by atoms with van der Waals surface area (Å²) in [6.07, 6.45) is 3.01. The fraction of sp³-hybridized carbons (Fsp3) is 0.368. The van der Waals surface area contributed by atoms with Crippen LogP contribution in [0.5, 0.6) is 17.4 Å². The summed E-state index contributed by atoms with van der Waals surface area (Å²) in [4.78, 5) is 16.1. The quantitative estimate of drug-likeness (QED) is 0.731. The van der Waals surface area contributed by atoms with E-state index in [0.29, 0.717) is 30.2 Å². The molecule has 1 aromatic heterocycles. The molecule has 2 N–H and O–H groups in total. The molecule has 2 aromatic rings. The van der Waals surface area contributed by atoms with Gasteiger partial charge in [0.15, 0.2) is 6.61 Å². The van der Waals surface area contributed by atoms with Gasteiger partial charge in [0.25, 0.3) is 5.91 Å². The van der Waals surface area contributed by atoms with Crippen LogP contribution in [-0.4, -0.2) is 34.8 Å². The van der Waals surface area contributed by atoms with E-state index in [4.69, 9.17) is 14.6 Å². The van der Waals surface area contributed by atoms with Crippen molar-refractivity contribution in [2.24, 2.45) is 0 Å². The topological polar surface area (TPSA) is 80.7 Å². The summed E-state index contributed by atoms with van der Waals surface area (Å²) in [7, 11) is 0. The molecule has 0 atom stereocenters. The molecule has 0 fully saturated rings. The van der Waals surface area contributed by atoms with E-state index in [2.05, 4.69) is 10.3 Å². The Morgan fingerprint density at radius 1 is 1.16 bits per heavy atom. The molecule has 0 aliphatic heterocycles. The van der Waals surface area contributed by atoms with Gasteiger partial charge < -0.3 is 19.9 Å². The Morgan fingerprint density at radius 2 is 1.88 bits per heavy atom. The van der Waals surface area contributed by atoms with Crippen molar-refractivity contribution in [2.75, 3.05) is 13.2 Å². The second-order valence-electron chi connectivity index (χ2n) is 6.29. The van der Waals surface area contributed by atoms with Gasteiger partial charge in [-0.15, -0.1) is 0 Å². The van der Waals surface area contributed by atoms with Gasteiger partial charge in [-0.3, -0.25) is 4.79 Å². The molecule has 25 heavy (non-hydrogen) atoms. The third kappa shape index (κ3) is 6.81. The zero-order valence-electron chi connectivity index (χ0n) is 14.6. The first-order valence-corrected chi connectivity index (χ1v) is 8.22. The van der Waals surface area contributed by atoms with Gasteiger partial charge >= 0.3 is 0 Å². The zero-order valence-corrected chi connectivity index (χ0v) is 14.6. The van der Waals surface area contributed by atoms with E-state index in [1.165, 1.54) is 0 Å². The molecular formula is C19H24N2O4. The van der Waals surface area contributed by atoms with Crippen molar-refractivity contribution in [3.8, 4) is 17.4 Å². The highest BCUT2D eigenvalue weighted by Crippen LogP contribution is 2.22. The average molecular weight is 344 g/mol. The summed E-state index contributed by atoms with van der Waals surface area (Å²) < 4.78 is 11.1. The lowest BCUT2D eigenvalue weighted by Gasteiger charge is -2.26. The van der Waals surface area contributed by atoms with Crippen molar-refractivity contribution in [2.45, 2.75) is 32.2 Å². The summed E-state index contributed by atoms with van der Waals surface area (Å²) in [6, 6.07) is 12.4. The summed E-state index contributed by atoms with van der Waals surface area (Å²) in [5.74, 6) is 1.54. The minimum atomic E-state index is -0.371. The van der Waals surface area contributed by atoms with Crippen molar-refractivity contribution >= 4 is 5.91 Å². The number of aliphatic hydroxyl groups is 1. The lowest BCUT2D eigenvalue weighted by molar-refractivity contribution is -0.124.